The zero-order valence-corrected chi connectivity index (χ0v) is 8.32. The molecule has 0 bridgehead atoms. The molecule has 1 saturated carbocycles. The van der Waals surface area contributed by atoms with Gasteiger partial charge in [-0.15, -0.1) is 0 Å². The van der Waals surface area contributed by atoms with Crippen LogP contribution in [-0.4, -0.2) is 17.1 Å². The van der Waals surface area contributed by atoms with Gasteiger partial charge in [0.25, 0.3) is 0 Å². The maximum atomic E-state index is 11.3. The molecule has 1 aliphatic carbocycles. The maximum absolute atomic E-state index is 11.3. The Labute approximate surface area is 73.9 Å². The van der Waals surface area contributed by atoms with E-state index in [0.29, 0.717) is 0 Å². The zero-order chi connectivity index (χ0) is 9.41. The highest BCUT2D eigenvalue weighted by atomic mass is 16.2. The van der Waals surface area contributed by atoms with Crippen LogP contribution in [0.15, 0.2) is 0 Å². The first kappa shape index (κ1) is 9.36. The van der Waals surface area contributed by atoms with Gasteiger partial charge >= 0.3 is 6.03 Å². The molecule has 0 unspecified atom stereocenters. The van der Waals surface area contributed by atoms with Crippen LogP contribution < -0.4 is 10.6 Å². The lowest BCUT2D eigenvalue weighted by Crippen LogP contribution is -2.49. The van der Waals surface area contributed by atoms with Crippen LogP contribution in [-0.2, 0) is 0 Å². The van der Waals surface area contributed by atoms with E-state index in [2.05, 4.69) is 17.6 Å². The number of carbonyl (C=O) groups excluding carboxylic acids is 1. The Morgan fingerprint density at radius 3 is 2.17 bits per heavy atom. The summed E-state index contributed by atoms with van der Waals surface area (Å²) in [4.78, 5) is 11.3. The summed E-state index contributed by atoms with van der Waals surface area (Å²) in [6.45, 7) is 7.99. The van der Waals surface area contributed by atoms with Crippen LogP contribution in [0.4, 0.5) is 4.79 Å². The molecule has 1 fully saturated rings. The Hall–Kier alpha value is -0.730. The molecule has 0 aliphatic heterocycles. The summed E-state index contributed by atoms with van der Waals surface area (Å²) < 4.78 is 0. The maximum Gasteiger partial charge on any atom is 0.315 e. The van der Waals surface area contributed by atoms with Crippen LogP contribution >= 0.6 is 0 Å². The average molecular weight is 170 g/mol. The molecular weight excluding hydrogens is 152 g/mol. The first-order valence-corrected chi connectivity index (χ1v) is 4.41. The Balaban J connectivity index is 2.30. The highest BCUT2D eigenvalue weighted by molar-refractivity contribution is 5.75. The van der Waals surface area contributed by atoms with Crippen molar-refractivity contribution in [2.75, 3.05) is 0 Å². The molecule has 1 aliphatic rings. The van der Waals surface area contributed by atoms with E-state index in [1.54, 1.807) is 0 Å². The van der Waals surface area contributed by atoms with Crippen molar-refractivity contribution >= 4 is 6.03 Å². The molecule has 0 saturated heterocycles. The van der Waals surface area contributed by atoms with E-state index in [-0.39, 0.29) is 17.1 Å². The molecular formula is C9H18N2O. The van der Waals surface area contributed by atoms with Crippen molar-refractivity contribution in [2.24, 2.45) is 0 Å². The van der Waals surface area contributed by atoms with Gasteiger partial charge in [-0.1, -0.05) is 0 Å². The molecule has 2 N–H and O–H groups in total. The third-order valence-corrected chi connectivity index (χ3v) is 1.90. The minimum atomic E-state index is -0.144. The third kappa shape index (κ3) is 3.11. The number of hydrogen-bond donors (Lipinski definition) is 2. The topological polar surface area (TPSA) is 41.1 Å². The van der Waals surface area contributed by atoms with Crippen LogP contribution in [0, 0.1) is 0 Å². The Morgan fingerprint density at radius 1 is 1.33 bits per heavy atom. The van der Waals surface area contributed by atoms with Gasteiger partial charge in [0.15, 0.2) is 0 Å². The molecule has 3 heteroatoms. The van der Waals surface area contributed by atoms with Crippen molar-refractivity contribution in [3.05, 3.63) is 0 Å². The van der Waals surface area contributed by atoms with Crippen molar-refractivity contribution in [1.82, 2.24) is 10.6 Å². The molecule has 0 aromatic heterocycles. The molecule has 70 valence electrons. The number of urea groups is 1. The van der Waals surface area contributed by atoms with Crippen molar-refractivity contribution in [3.8, 4) is 0 Å². The standard InChI is InChI=1S/C9H18N2O/c1-8(2,3)10-7(12)11-9(4)5-6-9/h5-6H2,1-4H3,(H2,10,11,12). The summed E-state index contributed by atoms with van der Waals surface area (Å²) in [6, 6.07) is -0.0532. The van der Waals surface area contributed by atoms with Crippen molar-refractivity contribution < 1.29 is 4.79 Å². The van der Waals surface area contributed by atoms with Crippen LogP contribution in [0.2, 0.25) is 0 Å². The lowest BCUT2D eigenvalue weighted by Gasteiger charge is -2.22. The van der Waals surface area contributed by atoms with E-state index >= 15 is 0 Å². The fraction of sp³-hybridized carbons (Fsp3) is 0.889. The third-order valence-electron chi connectivity index (χ3n) is 1.90. The smallest absolute Gasteiger partial charge is 0.315 e. The van der Waals surface area contributed by atoms with Crippen molar-refractivity contribution in [3.63, 3.8) is 0 Å². The van der Waals surface area contributed by atoms with E-state index < -0.39 is 0 Å². The molecule has 0 radical (unpaired) electrons. The molecule has 2 amide bonds. The predicted octanol–water partition coefficient (Wildman–Crippen LogP) is 1.64. The average Bonchev–Trinajstić information content (AvgIpc) is 2.40. The number of nitrogens with one attached hydrogen (secondary N) is 2. The summed E-state index contributed by atoms with van der Waals surface area (Å²) in [5, 5.41) is 5.80. The summed E-state index contributed by atoms with van der Waals surface area (Å²) in [7, 11) is 0. The number of carbonyl (C=O) groups is 1. The van der Waals surface area contributed by atoms with Crippen LogP contribution in [0.5, 0.6) is 0 Å². The van der Waals surface area contributed by atoms with Crippen LogP contribution in [0.1, 0.15) is 40.5 Å². The number of rotatable bonds is 1. The molecule has 1 rings (SSSR count). The summed E-state index contributed by atoms with van der Waals surface area (Å²) in [5.41, 5.74) is -0.0648. The predicted molar refractivity (Wildman–Crippen MR) is 49.1 cm³/mol. The van der Waals surface area contributed by atoms with E-state index in [1.165, 1.54) is 0 Å². The Bertz CT molecular complexity index is 180. The van der Waals surface area contributed by atoms with Crippen LogP contribution in [0.25, 0.3) is 0 Å². The number of hydrogen-bond acceptors (Lipinski definition) is 1. The highest BCUT2D eigenvalue weighted by Crippen LogP contribution is 2.34. The van der Waals surface area contributed by atoms with Gasteiger partial charge < -0.3 is 10.6 Å². The normalized spacial score (nSPS) is 20.0. The lowest BCUT2D eigenvalue weighted by atomic mass is 10.1. The van der Waals surface area contributed by atoms with Gasteiger partial charge in [0.2, 0.25) is 0 Å². The van der Waals surface area contributed by atoms with Crippen molar-refractivity contribution in [1.29, 1.82) is 0 Å². The quantitative estimate of drug-likeness (QED) is 0.617. The minimum absolute atomic E-state index is 0.0532. The van der Waals surface area contributed by atoms with Gasteiger partial charge in [0.05, 0.1) is 0 Å². The minimum Gasteiger partial charge on any atom is -0.334 e. The van der Waals surface area contributed by atoms with Gasteiger partial charge in [0, 0.05) is 11.1 Å². The molecule has 0 aromatic rings. The SMILES string of the molecule is CC(C)(C)NC(=O)NC1(C)CC1. The van der Waals surface area contributed by atoms with E-state index in [9.17, 15) is 4.79 Å². The summed E-state index contributed by atoms with van der Waals surface area (Å²) in [6.07, 6.45) is 2.20. The monoisotopic (exact) mass is 170 g/mol. The zero-order valence-electron chi connectivity index (χ0n) is 8.32. The van der Waals surface area contributed by atoms with E-state index in [4.69, 9.17) is 0 Å². The first-order valence-electron chi connectivity index (χ1n) is 4.41. The molecule has 0 aromatic carbocycles. The van der Waals surface area contributed by atoms with Gasteiger partial charge in [0.1, 0.15) is 0 Å². The fourth-order valence-electron chi connectivity index (χ4n) is 0.958. The second-order valence-corrected chi connectivity index (χ2v) is 4.89. The second-order valence-electron chi connectivity index (χ2n) is 4.89. The van der Waals surface area contributed by atoms with Crippen LogP contribution in [0.3, 0.4) is 0 Å². The van der Waals surface area contributed by atoms with Gasteiger partial charge in [-0.2, -0.15) is 0 Å². The molecule has 3 nitrogen and oxygen atoms in total. The summed E-state index contributed by atoms with van der Waals surface area (Å²) >= 11 is 0. The largest absolute Gasteiger partial charge is 0.334 e. The van der Waals surface area contributed by atoms with E-state index in [1.807, 2.05) is 20.8 Å². The van der Waals surface area contributed by atoms with Gasteiger partial charge in [-0.3, -0.25) is 0 Å². The highest BCUT2D eigenvalue weighted by Gasteiger charge is 2.39. The molecule has 0 heterocycles. The van der Waals surface area contributed by atoms with Crippen molar-refractivity contribution in [2.45, 2.75) is 51.6 Å². The molecule has 12 heavy (non-hydrogen) atoms. The molecule has 0 atom stereocenters. The van der Waals surface area contributed by atoms with Gasteiger partial charge in [-0.25, -0.2) is 4.79 Å². The number of amides is 2. The fourth-order valence-corrected chi connectivity index (χ4v) is 0.958. The molecule has 0 spiro atoms. The van der Waals surface area contributed by atoms with Gasteiger partial charge in [-0.05, 0) is 40.5 Å². The second kappa shape index (κ2) is 2.64. The Morgan fingerprint density at radius 2 is 1.83 bits per heavy atom. The lowest BCUT2D eigenvalue weighted by molar-refractivity contribution is 0.228. The summed E-state index contributed by atoms with van der Waals surface area (Å²) in [5.74, 6) is 0. The van der Waals surface area contributed by atoms with E-state index in [0.717, 1.165) is 12.8 Å². The Kier molecular flexibility index (Phi) is 2.06. The first-order chi connectivity index (χ1) is 5.31.